The van der Waals surface area contributed by atoms with Crippen molar-refractivity contribution in [3.05, 3.63) is 169 Å². The molecule has 4 bridgehead atoms. The molecule has 0 atom stereocenters. The van der Waals surface area contributed by atoms with Crippen molar-refractivity contribution in [2.45, 2.75) is 37.5 Å². The highest BCUT2D eigenvalue weighted by Crippen LogP contribution is 2.69. The number of fused-ring (bicyclic) bond motifs is 6. The maximum absolute atomic E-state index is 15.1. The van der Waals surface area contributed by atoms with Gasteiger partial charge in [0.25, 0.3) is 0 Å². The van der Waals surface area contributed by atoms with Gasteiger partial charge in [-0.05, 0) is 113 Å². The van der Waals surface area contributed by atoms with E-state index in [1.807, 2.05) is 66.9 Å². The van der Waals surface area contributed by atoms with Gasteiger partial charge in [0.2, 0.25) is 0 Å². The lowest BCUT2D eigenvalue weighted by atomic mass is 9.43. The third-order valence-corrected chi connectivity index (χ3v) is 17.1. The molecule has 55 heavy (non-hydrogen) atoms. The average molecular weight is 730 g/mol. The minimum absolute atomic E-state index is 0.108. The third kappa shape index (κ3) is 4.39. The van der Waals surface area contributed by atoms with Crippen molar-refractivity contribution < 1.29 is 8.98 Å². The molecule has 266 valence electrons. The number of benzene rings is 6. The van der Waals surface area contributed by atoms with Crippen LogP contribution in [0.25, 0.3) is 55.3 Å². The summed E-state index contributed by atoms with van der Waals surface area (Å²) in [6.07, 6.45) is 11.1. The van der Waals surface area contributed by atoms with E-state index >= 15 is 4.57 Å². The zero-order chi connectivity index (χ0) is 36.3. The highest BCUT2D eigenvalue weighted by molar-refractivity contribution is 7.85. The van der Waals surface area contributed by atoms with Gasteiger partial charge in [-0.1, -0.05) is 127 Å². The van der Waals surface area contributed by atoms with E-state index in [0.29, 0.717) is 11.8 Å². The monoisotopic (exact) mass is 729 g/mol. The van der Waals surface area contributed by atoms with Crippen molar-refractivity contribution in [3.63, 3.8) is 0 Å². The fourth-order valence-electron chi connectivity index (χ4n) is 12.1. The van der Waals surface area contributed by atoms with Gasteiger partial charge in [0, 0.05) is 50.1 Å². The Labute approximate surface area is 321 Å². The second-order valence-electron chi connectivity index (χ2n) is 16.6. The molecule has 3 nitrogen and oxygen atoms in total. The average Bonchev–Trinajstić information content (AvgIpc) is 3.77. The molecule has 4 heteroatoms. The van der Waals surface area contributed by atoms with Crippen molar-refractivity contribution in [2.75, 3.05) is 0 Å². The summed E-state index contributed by atoms with van der Waals surface area (Å²) in [5.74, 6) is 3.26. The van der Waals surface area contributed by atoms with Crippen molar-refractivity contribution >= 4 is 45.0 Å². The first-order valence-corrected chi connectivity index (χ1v) is 21.7. The Balaban J connectivity index is 0.969. The van der Waals surface area contributed by atoms with E-state index in [-0.39, 0.29) is 5.41 Å². The summed E-state index contributed by atoms with van der Waals surface area (Å²) in [5, 5.41) is 4.71. The second-order valence-corrected chi connectivity index (χ2v) is 19.4. The molecule has 0 aliphatic heterocycles. The number of pyridine rings is 1. The highest BCUT2D eigenvalue weighted by Gasteiger charge is 2.61. The minimum Gasteiger partial charge on any atom is -0.455 e. The molecule has 13 rings (SSSR count). The predicted molar refractivity (Wildman–Crippen MR) is 225 cm³/mol. The van der Waals surface area contributed by atoms with Gasteiger partial charge in [0.15, 0.2) is 7.14 Å². The fourth-order valence-corrected chi connectivity index (χ4v) is 14.7. The number of para-hydroxylation sites is 1. The number of furan rings is 1. The van der Waals surface area contributed by atoms with Crippen LogP contribution in [0.4, 0.5) is 0 Å². The zero-order valence-electron chi connectivity index (χ0n) is 30.6. The van der Waals surface area contributed by atoms with Crippen LogP contribution in [-0.2, 0) is 9.98 Å². The van der Waals surface area contributed by atoms with Gasteiger partial charge >= 0.3 is 0 Å². The lowest BCUT2D eigenvalue weighted by Gasteiger charge is -2.61. The van der Waals surface area contributed by atoms with Crippen molar-refractivity contribution in [1.82, 2.24) is 4.98 Å². The first-order valence-electron chi connectivity index (χ1n) is 20.0. The van der Waals surface area contributed by atoms with Crippen molar-refractivity contribution in [3.8, 4) is 33.4 Å². The van der Waals surface area contributed by atoms with Crippen molar-refractivity contribution in [2.24, 2.45) is 23.7 Å². The van der Waals surface area contributed by atoms with E-state index < -0.39 is 7.14 Å². The molecule has 6 aromatic carbocycles. The molecule has 8 aromatic rings. The minimum atomic E-state index is -3.07. The number of hydrogen-bond acceptors (Lipinski definition) is 3. The Morgan fingerprint density at radius 1 is 0.545 bits per heavy atom. The van der Waals surface area contributed by atoms with Gasteiger partial charge in [0.05, 0.1) is 0 Å². The van der Waals surface area contributed by atoms with Gasteiger partial charge in [-0.3, -0.25) is 4.98 Å². The normalized spacial score (nSPS) is 23.4. The number of aromatic nitrogens is 1. The summed E-state index contributed by atoms with van der Waals surface area (Å²) >= 11 is 0. The maximum atomic E-state index is 15.1. The standard InChI is InChI=1S/C51H40NO2P/c53-55(38-9-3-1-4-10-38,39-11-5-2-6-12-39)40-20-17-34(18-21-40)41-13-8-16-48-49(41)44-15-7-14-42(50(44)54-48)35-19-22-46-45(30-35)43-23-24-52-31-47(43)51(46)36-26-32-25-33(28-36)29-37(51)27-32/h1-24,30-33,36-37H,25-29H2. The van der Waals surface area contributed by atoms with E-state index in [4.69, 9.17) is 9.40 Å². The molecule has 1 spiro atoms. The van der Waals surface area contributed by atoms with E-state index in [1.165, 1.54) is 54.4 Å². The summed E-state index contributed by atoms with van der Waals surface area (Å²) in [6.45, 7) is 0. The first-order chi connectivity index (χ1) is 27.1. The summed E-state index contributed by atoms with van der Waals surface area (Å²) in [7, 11) is -3.07. The van der Waals surface area contributed by atoms with E-state index in [2.05, 4.69) is 91.1 Å². The lowest BCUT2D eigenvalue weighted by Crippen LogP contribution is -2.55. The zero-order valence-corrected chi connectivity index (χ0v) is 31.5. The summed E-state index contributed by atoms with van der Waals surface area (Å²) in [4.78, 5) is 4.74. The molecule has 0 radical (unpaired) electrons. The second kappa shape index (κ2) is 11.8. The molecule has 0 N–H and O–H groups in total. The maximum Gasteiger partial charge on any atom is 0.171 e. The van der Waals surface area contributed by atoms with Crippen LogP contribution in [0.3, 0.4) is 0 Å². The van der Waals surface area contributed by atoms with Crippen molar-refractivity contribution in [1.29, 1.82) is 0 Å². The summed E-state index contributed by atoms with van der Waals surface area (Å²) in [6, 6.07) is 50.6. The quantitative estimate of drug-likeness (QED) is 0.166. The van der Waals surface area contributed by atoms with Gasteiger partial charge in [-0.15, -0.1) is 0 Å². The SMILES string of the molecule is O=P(c1ccccc1)(c1ccccc1)c1ccc(-c2cccc3oc4c(-c5ccc6c(c5)-c5ccncc5C65C6CC7CC(C6)CC5C7)cccc4c23)cc1. The van der Waals surface area contributed by atoms with Crippen LogP contribution in [-0.4, -0.2) is 4.98 Å². The van der Waals surface area contributed by atoms with Crippen LogP contribution in [0.15, 0.2) is 162 Å². The Kier molecular flexibility index (Phi) is 6.80. The van der Waals surface area contributed by atoms with Crippen LogP contribution >= 0.6 is 7.14 Å². The molecule has 2 aromatic heterocycles. The molecule has 0 amide bonds. The van der Waals surface area contributed by atoms with Crippen LogP contribution in [0, 0.1) is 23.7 Å². The predicted octanol–water partition coefficient (Wildman–Crippen LogP) is 11.7. The molecule has 4 fully saturated rings. The molecule has 0 saturated heterocycles. The Bertz CT molecular complexity index is 2780. The van der Waals surface area contributed by atoms with E-state index in [9.17, 15) is 0 Å². The Morgan fingerprint density at radius 2 is 1.18 bits per heavy atom. The van der Waals surface area contributed by atoms with Crippen LogP contribution in [0.5, 0.6) is 0 Å². The molecule has 2 heterocycles. The van der Waals surface area contributed by atoms with Gasteiger partial charge in [0.1, 0.15) is 11.2 Å². The smallest absolute Gasteiger partial charge is 0.171 e. The van der Waals surface area contributed by atoms with Crippen LogP contribution in [0.1, 0.15) is 43.2 Å². The molecule has 5 aliphatic rings. The largest absolute Gasteiger partial charge is 0.455 e. The van der Waals surface area contributed by atoms with Gasteiger partial charge in [-0.25, -0.2) is 0 Å². The number of nitrogens with zero attached hydrogens (tertiary/aromatic N) is 1. The molecular weight excluding hydrogens is 690 g/mol. The fraction of sp³-hybridized carbons (Fsp3) is 0.196. The molecule has 5 aliphatic carbocycles. The lowest BCUT2D eigenvalue weighted by molar-refractivity contribution is -0.0400. The van der Waals surface area contributed by atoms with E-state index in [1.54, 1.807) is 5.56 Å². The number of hydrogen-bond donors (Lipinski definition) is 0. The molecule has 0 unspecified atom stereocenters. The van der Waals surface area contributed by atoms with Crippen LogP contribution in [0.2, 0.25) is 0 Å². The number of rotatable bonds is 5. The van der Waals surface area contributed by atoms with Gasteiger partial charge < -0.3 is 8.98 Å². The highest BCUT2D eigenvalue weighted by atomic mass is 31.2. The summed E-state index contributed by atoms with van der Waals surface area (Å²) < 4.78 is 21.9. The third-order valence-electron chi connectivity index (χ3n) is 14.1. The topological polar surface area (TPSA) is 43.1 Å². The first kappa shape index (κ1) is 31.8. The van der Waals surface area contributed by atoms with Gasteiger partial charge in [-0.2, -0.15) is 0 Å². The Hall–Kier alpha value is -5.50. The Morgan fingerprint density at radius 3 is 1.89 bits per heavy atom. The molecule has 4 saturated carbocycles. The van der Waals surface area contributed by atoms with Crippen LogP contribution < -0.4 is 15.9 Å². The van der Waals surface area contributed by atoms with E-state index in [0.717, 1.165) is 66.4 Å². The molecular formula is C51H40NO2P. The summed E-state index contributed by atoms with van der Waals surface area (Å²) in [5.41, 5.74) is 12.2.